The SMILES string of the molecule is CN(C(=O)Nc1ccc2nc(N3C(=O)CCC3=O)sc2c1)c1ccccc1. The minimum Gasteiger partial charge on any atom is -0.307 e. The molecule has 1 fully saturated rings. The second-order valence-corrected chi connectivity index (χ2v) is 7.14. The molecule has 1 aliphatic rings. The highest BCUT2D eigenvalue weighted by Gasteiger charge is 2.32. The molecule has 136 valence electrons. The summed E-state index contributed by atoms with van der Waals surface area (Å²) in [7, 11) is 1.69. The van der Waals surface area contributed by atoms with Crippen LogP contribution < -0.4 is 15.1 Å². The standard InChI is InChI=1S/C19H16N4O3S/c1-22(13-5-3-2-4-6-13)18(26)20-12-7-8-14-15(11-12)27-19(21-14)23-16(24)9-10-17(23)25/h2-8,11H,9-10H2,1H3,(H,20,26). The van der Waals surface area contributed by atoms with E-state index in [1.807, 2.05) is 30.3 Å². The predicted molar refractivity (Wildman–Crippen MR) is 105 cm³/mol. The summed E-state index contributed by atoms with van der Waals surface area (Å²) in [6.45, 7) is 0. The lowest BCUT2D eigenvalue weighted by molar-refractivity contribution is -0.121. The Balaban J connectivity index is 1.56. The molecule has 1 aromatic heterocycles. The maximum absolute atomic E-state index is 12.5. The number of amides is 4. The second kappa shape index (κ2) is 6.81. The van der Waals surface area contributed by atoms with Gasteiger partial charge in [-0.15, -0.1) is 0 Å². The molecule has 7 nitrogen and oxygen atoms in total. The van der Waals surface area contributed by atoms with Crippen molar-refractivity contribution in [2.75, 3.05) is 22.2 Å². The average Bonchev–Trinajstić information content (AvgIpc) is 3.23. The highest BCUT2D eigenvalue weighted by molar-refractivity contribution is 7.22. The number of benzene rings is 2. The van der Waals surface area contributed by atoms with E-state index in [-0.39, 0.29) is 30.7 Å². The number of rotatable bonds is 3. The van der Waals surface area contributed by atoms with Crippen LogP contribution in [0.1, 0.15) is 12.8 Å². The quantitative estimate of drug-likeness (QED) is 0.704. The Bertz CT molecular complexity index is 1030. The zero-order valence-electron chi connectivity index (χ0n) is 14.5. The number of thiazole rings is 1. The van der Waals surface area contributed by atoms with Gasteiger partial charge in [-0.3, -0.25) is 14.5 Å². The van der Waals surface area contributed by atoms with Crippen molar-refractivity contribution in [3.8, 4) is 0 Å². The Hall–Kier alpha value is -3.26. The normalized spacial score (nSPS) is 14.0. The minimum absolute atomic E-state index is 0.224. The van der Waals surface area contributed by atoms with E-state index >= 15 is 0 Å². The summed E-state index contributed by atoms with van der Waals surface area (Å²) in [5.41, 5.74) is 2.07. The summed E-state index contributed by atoms with van der Waals surface area (Å²) in [5.74, 6) is -0.450. The molecule has 0 unspecified atom stereocenters. The van der Waals surface area contributed by atoms with Crippen LogP contribution in [0.3, 0.4) is 0 Å². The number of hydrogen-bond acceptors (Lipinski definition) is 5. The molecule has 1 N–H and O–H groups in total. The third kappa shape index (κ3) is 3.26. The molecule has 0 saturated carbocycles. The van der Waals surface area contributed by atoms with Crippen molar-refractivity contribution in [1.29, 1.82) is 0 Å². The number of nitrogens with zero attached hydrogens (tertiary/aromatic N) is 3. The Kier molecular flexibility index (Phi) is 4.33. The lowest BCUT2D eigenvalue weighted by atomic mass is 10.3. The van der Waals surface area contributed by atoms with Crippen molar-refractivity contribution < 1.29 is 14.4 Å². The number of imide groups is 1. The fraction of sp³-hybridized carbons (Fsp3) is 0.158. The van der Waals surface area contributed by atoms with Gasteiger partial charge in [0.2, 0.25) is 11.8 Å². The van der Waals surface area contributed by atoms with Crippen molar-refractivity contribution in [3.05, 3.63) is 48.5 Å². The van der Waals surface area contributed by atoms with Crippen molar-refractivity contribution in [3.63, 3.8) is 0 Å². The molecule has 4 amide bonds. The molecule has 0 aliphatic carbocycles. The van der Waals surface area contributed by atoms with Crippen LogP contribution in [-0.2, 0) is 9.59 Å². The molecule has 1 aliphatic heterocycles. The summed E-state index contributed by atoms with van der Waals surface area (Å²) >= 11 is 1.26. The van der Waals surface area contributed by atoms with E-state index in [2.05, 4.69) is 10.3 Å². The molecule has 0 bridgehead atoms. The van der Waals surface area contributed by atoms with Gasteiger partial charge < -0.3 is 5.32 Å². The number of anilines is 3. The lowest BCUT2D eigenvalue weighted by Crippen LogP contribution is -2.31. The first-order valence-corrected chi connectivity index (χ1v) is 9.21. The van der Waals surface area contributed by atoms with E-state index in [1.165, 1.54) is 16.2 Å². The minimum atomic E-state index is -0.268. The molecule has 4 rings (SSSR count). The van der Waals surface area contributed by atoms with Gasteiger partial charge in [0.15, 0.2) is 5.13 Å². The van der Waals surface area contributed by atoms with Gasteiger partial charge >= 0.3 is 6.03 Å². The summed E-state index contributed by atoms with van der Waals surface area (Å²) in [5, 5.41) is 3.22. The molecule has 0 spiro atoms. The van der Waals surface area contributed by atoms with Crippen molar-refractivity contribution >= 4 is 55.9 Å². The smallest absolute Gasteiger partial charge is 0.307 e. The molecule has 3 aromatic rings. The Morgan fingerprint density at radius 3 is 2.52 bits per heavy atom. The molecule has 0 radical (unpaired) electrons. The highest BCUT2D eigenvalue weighted by atomic mass is 32.1. The van der Waals surface area contributed by atoms with Crippen LogP contribution in [0.5, 0.6) is 0 Å². The van der Waals surface area contributed by atoms with E-state index in [9.17, 15) is 14.4 Å². The molecule has 2 heterocycles. The monoisotopic (exact) mass is 380 g/mol. The van der Waals surface area contributed by atoms with Crippen molar-refractivity contribution in [2.24, 2.45) is 0 Å². The van der Waals surface area contributed by atoms with Gasteiger partial charge in [0.05, 0.1) is 10.2 Å². The first-order valence-electron chi connectivity index (χ1n) is 8.39. The van der Waals surface area contributed by atoms with Gasteiger partial charge in [0.25, 0.3) is 0 Å². The lowest BCUT2D eigenvalue weighted by Gasteiger charge is -2.18. The summed E-state index contributed by atoms with van der Waals surface area (Å²) in [6.07, 6.45) is 0.448. The summed E-state index contributed by atoms with van der Waals surface area (Å²) in [4.78, 5) is 43.3. The number of para-hydroxylation sites is 1. The largest absolute Gasteiger partial charge is 0.326 e. The molecular formula is C19H16N4O3S. The molecule has 2 aromatic carbocycles. The summed E-state index contributed by atoms with van der Waals surface area (Å²) in [6, 6.07) is 14.4. The number of aromatic nitrogens is 1. The zero-order valence-corrected chi connectivity index (χ0v) is 15.3. The van der Waals surface area contributed by atoms with Crippen LogP contribution in [0.15, 0.2) is 48.5 Å². The molecule has 0 atom stereocenters. The first kappa shape index (κ1) is 17.2. The van der Waals surface area contributed by atoms with Gasteiger partial charge in [-0.2, -0.15) is 0 Å². The van der Waals surface area contributed by atoms with E-state index < -0.39 is 0 Å². The topological polar surface area (TPSA) is 82.6 Å². The van der Waals surface area contributed by atoms with Crippen molar-refractivity contribution in [1.82, 2.24) is 4.98 Å². The number of urea groups is 1. The maximum atomic E-state index is 12.5. The van der Waals surface area contributed by atoms with Crippen LogP contribution in [-0.4, -0.2) is 29.9 Å². The number of nitrogens with one attached hydrogen (secondary N) is 1. The van der Waals surface area contributed by atoms with Crippen LogP contribution in [0, 0.1) is 0 Å². The van der Waals surface area contributed by atoms with Gasteiger partial charge in [-0.1, -0.05) is 29.5 Å². The van der Waals surface area contributed by atoms with E-state index in [0.29, 0.717) is 16.3 Å². The number of hydrogen-bond donors (Lipinski definition) is 1. The molecule has 8 heteroatoms. The first-order chi connectivity index (χ1) is 13.0. The van der Waals surface area contributed by atoms with Crippen molar-refractivity contribution in [2.45, 2.75) is 12.8 Å². The fourth-order valence-electron chi connectivity index (χ4n) is 2.85. The van der Waals surface area contributed by atoms with Gasteiger partial charge in [0.1, 0.15) is 0 Å². The van der Waals surface area contributed by atoms with Crippen LogP contribution in [0.4, 0.5) is 21.3 Å². The third-order valence-corrected chi connectivity index (χ3v) is 5.32. The Labute approximate surface area is 159 Å². The van der Waals surface area contributed by atoms with E-state index in [0.717, 1.165) is 15.3 Å². The molecule has 27 heavy (non-hydrogen) atoms. The summed E-state index contributed by atoms with van der Waals surface area (Å²) < 4.78 is 0.790. The second-order valence-electron chi connectivity index (χ2n) is 6.13. The highest BCUT2D eigenvalue weighted by Crippen LogP contribution is 2.33. The predicted octanol–water partition coefficient (Wildman–Crippen LogP) is 3.62. The van der Waals surface area contributed by atoms with E-state index in [4.69, 9.17) is 0 Å². The Morgan fingerprint density at radius 1 is 1.11 bits per heavy atom. The number of fused-ring (bicyclic) bond motifs is 1. The zero-order chi connectivity index (χ0) is 19.0. The Morgan fingerprint density at radius 2 is 1.81 bits per heavy atom. The third-order valence-electron chi connectivity index (χ3n) is 4.32. The number of carbonyl (C=O) groups is 3. The maximum Gasteiger partial charge on any atom is 0.326 e. The average molecular weight is 380 g/mol. The van der Waals surface area contributed by atoms with Gasteiger partial charge in [-0.05, 0) is 30.3 Å². The van der Waals surface area contributed by atoms with E-state index in [1.54, 1.807) is 25.2 Å². The van der Waals surface area contributed by atoms with Crippen LogP contribution in [0.25, 0.3) is 10.2 Å². The van der Waals surface area contributed by atoms with Crippen LogP contribution >= 0.6 is 11.3 Å². The van der Waals surface area contributed by atoms with Gasteiger partial charge in [0, 0.05) is 31.3 Å². The fourth-order valence-corrected chi connectivity index (χ4v) is 3.89. The number of carbonyl (C=O) groups excluding carboxylic acids is 3. The van der Waals surface area contributed by atoms with Gasteiger partial charge in [-0.25, -0.2) is 14.7 Å². The van der Waals surface area contributed by atoms with Crippen LogP contribution in [0.2, 0.25) is 0 Å². The molecular weight excluding hydrogens is 364 g/mol. The molecule has 1 saturated heterocycles.